The van der Waals surface area contributed by atoms with Crippen LogP contribution in [0, 0.1) is 13.8 Å². The van der Waals surface area contributed by atoms with Crippen molar-refractivity contribution in [2.75, 3.05) is 6.61 Å². The van der Waals surface area contributed by atoms with E-state index in [-0.39, 0.29) is 6.61 Å². The quantitative estimate of drug-likeness (QED) is 0.882. The molecule has 1 heterocycles. The summed E-state index contributed by atoms with van der Waals surface area (Å²) in [7, 11) is 0. The Hall–Kier alpha value is -1.65. The Morgan fingerprint density at radius 1 is 1.28 bits per heavy atom. The molecule has 1 aromatic carbocycles. The number of ether oxygens (including phenoxy) is 1. The van der Waals surface area contributed by atoms with Crippen LogP contribution in [0.1, 0.15) is 28.7 Å². The summed E-state index contributed by atoms with van der Waals surface area (Å²) in [6.45, 7) is 4.32. The van der Waals surface area contributed by atoms with E-state index in [1.54, 1.807) is 6.92 Å². The van der Waals surface area contributed by atoms with Gasteiger partial charge in [-0.25, -0.2) is 0 Å². The van der Waals surface area contributed by atoms with Crippen molar-refractivity contribution in [2.24, 2.45) is 0 Å². The first-order valence-corrected chi connectivity index (χ1v) is 5.91. The van der Waals surface area contributed by atoms with Gasteiger partial charge < -0.3 is 14.4 Å². The van der Waals surface area contributed by atoms with Gasteiger partial charge in [0.2, 0.25) is 0 Å². The van der Waals surface area contributed by atoms with Crippen LogP contribution in [0.3, 0.4) is 0 Å². The molecule has 0 saturated carbocycles. The molecule has 1 atom stereocenters. The average molecular weight is 247 g/mol. The smallest absolute Gasteiger partial charge is 0.139 e. The first-order chi connectivity index (χ1) is 8.68. The van der Waals surface area contributed by atoms with E-state index in [9.17, 15) is 5.11 Å². The third kappa shape index (κ3) is 2.97. The van der Waals surface area contributed by atoms with Crippen molar-refractivity contribution in [1.29, 1.82) is 0 Å². The Bertz CT molecular complexity index is 473. The van der Waals surface area contributed by atoms with Gasteiger partial charge in [0.05, 0.1) is 18.9 Å². The van der Waals surface area contributed by atoms with Crippen molar-refractivity contribution in [2.45, 2.75) is 26.6 Å². The molecule has 1 aromatic heterocycles. The van der Waals surface area contributed by atoms with Crippen LogP contribution >= 0.6 is 0 Å². The Morgan fingerprint density at radius 3 is 2.61 bits per heavy atom. The van der Waals surface area contributed by atoms with Crippen molar-refractivity contribution in [3.63, 3.8) is 0 Å². The summed E-state index contributed by atoms with van der Waals surface area (Å²) >= 11 is 0. The molecule has 4 nitrogen and oxygen atoms in total. The van der Waals surface area contributed by atoms with Gasteiger partial charge in [-0.2, -0.15) is 0 Å². The van der Waals surface area contributed by atoms with E-state index in [0.29, 0.717) is 18.1 Å². The lowest BCUT2D eigenvalue weighted by Gasteiger charge is -2.11. The maximum atomic E-state index is 10.0. The molecule has 0 radical (unpaired) electrons. The fraction of sp³-hybridized carbons (Fsp3) is 0.357. The average Bonchev–Trinajstić information content (AvgIpc) is 2.70. The Kier molecular flexibility index (Phi) is 4.12. The minimum Gasteiger partial charge on any atom is -0.386 e. The normalized spacial score (nSPS) is 12.6. The minimum atomic E-state index is -0.694. The fourth-order valence-corrected chi connectivity index (χ4v) is 1.91. The zero-order chi connectivity index (χ0) is 13.0. The molecule has 2 rings (SSSR count). The predicted octanol–water partition coefficient (Wildman–Crippen LogP) is 2.54. The highest BCUT2D eigenvalue weighted by molar-refractivity contribution is 5.23. The Labute approximate surface area is 106 Å². The zero-order valence-electron chi connectivity index (χ0n) is 10.6. The number of benzene rings is 1. The molecule has 0 amide bonds. The molecule has 0 fully saturated rings. The van der Waals surface area contributed by atoms with Crippen molar-refractivity contribution in [3.8, 4) is 0 Å². The highest BCUT2D eigenvalue weighted by Crippen LogP contribution is 2.21. The number of hydrogen-bond donors (Lipinski definition) is 1. The molecule has 1 unspecified atom stereocenters. The second kappa shape index (κ2) is 5.80. The van der Waals surface area contributed by atoms with E-state index < -0.39 is 6.10 Å². The summed E-state index contributed by atoms with van der Waals surface area (Å²) in [6, 6.07) is 9.86. The summed E-state index contributed by atoms with van der Waals surface area (Å²) in [5, 5.41) is 13.8. The second-order valence-corrected chi connectivity index (χ2v) is 4.25. The van der Waals surface area contributed by atoms with Gasteiger partial charge in [-0.3, -0.25) is 0 Å². The van der Waals surface area contributed by atoms with Gasteiger partial charge in [0.1, 0.15) is 11.9 Å². The van der Waals surface area contributed by atoms with E-state index in [4.69, 9.17) is 9.26 Å². The predicted molar refractivity (Wildman–Crippen MR) is 67.0 cm³/mol. The van der Waals surface area contributed by atoms with Crippen LogP contribution in [0.5, 0.6) is 0 Å². The third-order valence-electron chi connectivity index (χ3n) is 2.81. The highest BCUT2D eigenvalue weighted by Gasteiger charge is 2.18. The van der Waals surface area contributed by atoms with Gasteiger partial charge in [-0.1, -0.05) is 35.5 Å². The van der Waals surface area contributed by atoms with Gasteiger partial charge >= 0.3 is 0 Å². The van der Waals surface area contributed by atoms with E-state index in [0.717, 1.165) is 11.1 Å². The fourth-order valence-electron chi connectivity index (χ4n) is 1.91. The molecule has 0 aliphatic carbocycles. The molecule has 0 bridgehead atoms. The summed E-state index contributed by atoms with van der Waals surface area (Å²) in [5.41, 5.74) is 2.52. The maximum Gasteiger partial charge on any atom is 0.139 e. The highest BCUT2D eigenvalue weighted by atomic mass is 16.5. The van der Waals surface area contributed by atoms with Gasteiger partial charge in [0.15, 0.2) is 0 Å². The second-order valence-electron chi connectivity index (χ2n) is 4.25. The molecule has 96 valence electrons. The minimum absolute atomic E-state index is 0.234. The standard InChI is InChI=1S/C14H17NO3/c1-10-14(11(2)18-15-10)13(16)9-17-8-12-6-4-3-5-7-12/h3-7,13,16H,8-9H2,1-2H3. The first-order valence-electron chi connectivity index (χ1n) is 5.91. The SMILES string of the molecule is Cc1noc(C)c1C(O)COCc1ccccc1. The first kappa shape index (κ1) is 12.8. The van der Waals surface area contributed by atoms with Gasteiger partial charge in [-0.05, 0) is 19.4 Å². The molecule has 0 saturated heterocycles. The summed E-state index contributed by atoms with van der Waals surface area (Å²) < 4.78 is 10.5. The number of nitrogens with zero attached hydrogens (tertiary/aromatic N) is 1. The molecule has 18 heavy (non-hydrogen) atoms. The van der Waals surface area contributed by atoms with Crippen LogP contribution in [0.15, 0.2) is 34.9 Å². The van der Waals surface area contributed by atoms with Crippen LogP contribution in [0.25, 0.3) is 0 Å². The molecule has 1 N–H and O–H groups in total. The van der Waals surface area contributed by atoms with Crippen molar-refractivity contribution < 1.29 is 14.4 Å². The Balaban J connectivity index is 1.88. The molecule has 0 spiro atoms. The van der Waals surface area contributed by atoms with Gasteiger partial charge in [0.25, 0.3) is 0 Å². The number of aliphatic hydroxyl groups is 1. The lowest BCUT2D eigenvalue weighted by molar-refractivity contribution is 0.0268. The van der Waals surface area contributed by atoms with Crippen molar-refractivity contribution >= 4 is 0 Å². The van der Waals surface area contributed by atoms with Crippen LogP contribution < -0.4 is 0 Å². The molecule has 4 heteroatoms. The summed E-state index contributed by atoms with van der Waals surface area (Å²) in [4.78, 5) is 0. The number of rotatable bonds is 5. The van der Waals surface area contributed by atoms with Gasteiger partial charge in [-0.15, -0.1) is 0 Å². The lowest BCUT2D eigenvalue weighted by Crippen LogP contribution is -2.08. The largest absolute Gasteiger partial charge is 0.386 e. The topological polar surface area (TPSA) is 55.5 Å². The van der Waals surface area contributed by atoms with Crippen molar-refractivity contribution in [3.05, 3.63) is 52.9 Å². The summed E-state index contributed by atoms with van der Waals surface area (Å²) in [5.74, 6) is 0.642. The Morgan fingerprint density at radius 2 is 2.00 bits per heavy atom. The van der Waals surface area contributed by atoms with Crippen LogP contribution in [-0.4, -0.2) is 16.9 Å². The number of aliphatic hydroxyl groups excluding tert-OH is 1. The van der Waals surface area contributed by atoms with E-state index in [1.807, 2.05) is 37.3 Å². The van der Waals surface area contributed by atoms with Crippen LogP contribution in [0.2, 0.25) is 0 Å². The molecular weight excluding hydrogens is 230 g/mol. The summed E-state index contributed by atoms with van der Waals surface area (Å²) in [6.07, 6.45) is -0.694. The molecule has 2 aromatic rings. The lowest BCUT2D eigenvalue weighted by atomic mass is 10.1. The number of hydrogen-bond acceptors (Lipinski definition) is 4. The van der Waals surface area contributed by atoms with E-state index >= 15 is 0 Å². The third-order valence-corrected chi connectivity index (χ3v) is 2.81. The maximum absolute atomic E-state index is 10.0. The van der Waals surface area contributed by atoms with Crippen LogP contribution in [-0.2, 0) is 11.3 Å². The van der Waals surface area contributed by atoms with E-state index in [2.05, 4.69) is 5.16 Å². The monoisotopic (exact) mass is 247 g/mol. The zero-order valence-corrected chi connectivity index (χ0v) is 10.6. The van der Waals surface area contributed by atoms with Crippen LogP contribution in [0.4, 0.5) is 0 Å². The molecule has 0 aliphatic rings. The van der Waals surface area contributed by atoms with Crippen molar-refractivity contribution in [1.82, 2.24) is 5.16 Å². The number of aryl methyl sites for hydroxylation is 2. The molecular formula is C14H17NO3. The van der Waals surface area contributed by atoms with Gasteiger partial charge in [0, 0.05) is 5.56 Å². The number of aromatic nitrogens is 1. The molecule has 0 aliphatic heterocycles. The van der Waals surface area contributed by atoms with E-state index in [1.165, 1.54) is 0 Å².